The maximum absolute atomic E-state index is 13.0. The van der Waals surface area contributed by atoms with Crippen molar-refractivity contribution in [3.05, 3.63) is 40.9 Å². The van der Waals surface area contributed by atoms with E-state index in [4.69, 9.17) is 0 Å². The highest BCUT2D eigenvalue weighted by atomic mass is 32.2. The molecule has 0 aliphatic rings. The lowest BCUT2D eigenvalue weighted by Crippen LogP contribution is -2.23. The van der Waals surface area contributed by atoms with E-state index in [1.54, 1.807) is 11.5 Å². The quantitative estimate of drug-likeness (QED) is 0.508. The lowest BCUT2D eigenvalue weighted by molar-refractivity contribution is -0.116. The van der Waals surface area contributed by atoms with Crippen LogP contribution in [0.1, 0.15) is 24.7 Å². The van der Waals surface area contributed by atoms with Gasteiger partial charge in [-0.1, -0.05) is 23.1 Å². The van der Waals surface area contributed by atoms with Crippen molar-refractivity contribution in [1.29, 1.82) is 0 Å². The van der Waals surface area contributed by atoms with Crippen molar-refractivity contribution in [2.24, 2.45) is 0 Å². The fourth-order valence-electron chi connectivity index (χ4n) is 2.50. The molecule has 1 atom stereocenters. The van der Waals surface area contributed by atoms with Gasteiger partial charge < -0.3 is 9.88 Å². The summed E-state index contributed by atoms with van der Waals surface area (Å²) in [6.07, 6.45) is 0.00339. The third kappa shape index (κ3) is 5.60. The van der Waals surface area contributed by atoms with Crippen LogP contribution in [0, 0.1) is 12.7 Å². The van der Waals surface area contributed by atoms with Gasteiger partial charge in [0.1, 0.15) is 16.6 Å². The van der Waals surface area contributed by atoms with Crippen LogP contribution < -0.4 is 10.6 Å². The number of carbonyl (C=O) groups excluding carboxylic acids is 2. The first-order chi connectivity index (χ1) is 14.4. The highest BCUT2D eigenvalue weighted by Crippen LogP contribution is 2.24. The minimum Gasteiger partial charge on any atom is -0.326 e. The zero-order valence-corrected chi connectivity index (χ0v) is 18.2. The summed E-state index contributed by atoms with van der Waals surface area (Å²) in [5, 5.41) is 22.7. The van der Waals surface area contributed by atoms with Gasteiger partial charge in [0.15, 0.2) is 5.16 Å². The van der Waals surface area contributed by atoms with E-state index < -0.39 is 5.25 Å². The average Bonchev–Trinajstić information content (AvgIpc) is 3.28. The highest BCUT2D eigenvalue weighted by Gasteiger charge is 2.21. The Morgan fingerprint density at radius 3 is 2.53 bits per heavy atom. The molecule has 0 radical (unpaired) electrons. The molecule has 0 fully saturated rings. The van der Waals surface area contributed by atoms with Crippen molar-refractivity contribution >= 4 is 45.7 Å². The largest absolute Gasteiger partial charge is 0.326 e. The third-order valence-corrected chi connectivity index (χ3v) is 5.80. The molecular weight excluding hydrogens is 429 g/mol. The van der Waals surface area contributed by atoms with Crippen LogP contribution in [-0.4, -0.2) is 42.0 Å². The predicted octanol–water partition coefficient (Wildman–Crippen LogP) is 2.90. The molecule has 9 nitrogen and oxygen atoms in total. The molecule has 12 heteroatoms. The molecule has 0 unspecified atom stereocenters. The van der Waals surface area contributed by atoms with Gasteiger partial charge in [-0.3, -0.25) is 14.9 Å². The van der Waals surface area contributed by atoms with Gasteiger partial charge in [0.25, 0.3) is 0 Å². The minimum atomic E-state index is -0.454. The van der Waals surface area contributed by atoms with E-state index in [0.717, 1.165) is 5.01 Å². The van der Waals surface area contributed by atoms with Crippen LogP contribution in [0.3, 0.4) is 0 Å². The van der Waals surface area contributed by atoms with Crippen molar-refractivity contribution in [2.75, 3.05) is 10.6 Å². The molecule has 0 bridgehead atoms. The van der Waals surface area contributed by atoms with Crippen molar-refractivity contribution < 1.29 is 14.0 Å². The summed E-state index contributed by atoms with van der Waals surface area (Å²) < 4.78 is 14.8. The monoisotopic (exact) mass is 449 g/mol. The maximum atomic E-state index is 13.0. The molecule has 0 saturated heterocycles. The molecule has 2 heterocycles. The second-order valence-corrected chi connectivity index (χ2v) is 8.74. The van der Waals surface area contributed by atoms with Crippen LogP contribution in [0.25, 0.3) is 0 Å². The molecule has 2 N–H and O–H groups in total. The molecule has 1 aromatic carbocycles. The normalized spacial score (nSPS) is 11.9. The van der Waals surface area contributed by atoms with E-state index in [1.165, 1.54) is 47.4 Å². The molecular formula is C18H20FN7O2S2. The molecule has 2 aromatic heterocycles. The van der Waals surface area contributed by atoms with Crippen molar-refractivity contribution in [2.45, 2.75) is 44.1 Å². The number of aromatic nitrogens is 5. The fourth-order valence-corrected chi connectivity index (χ4v) is 4.03. The SMILES string of the molecule is CCn1c(CC(=O)Nc2ccc(F)cc2)nnc1S[C@@H](C)C(=O)Nc1nnc(C)s1. The Labute approximate surface area is 180 Å². The van der Waals surface area contributed by atoms with E-state index in [9.17, 15) is 14.0 Å². The average molecular weight is 450 g/mol. The first-order valence-corrected chi connectivity index (χ1v) is 10.8. The number of amides is 2. The van der Waals surface area contributed by atoms with Gasteiger partial charge in [0.05, 0.1) is 11.7 Å². The van der Waals surface area contributed by atoms with Crippen molar-refractivity contribution in [3.8, 4) is 0 Å². The first kappa shape index (κ1) is 21.8. The van der Waals surface area contributed by atoms with Crippen LogP contribution in [-0.2, 0) is 22.6 Å². The van der Waals surface area contributed by atoms with E-state index in [-0.39, 0.29) is 24.1 Å². The van der Waals surface area contributed by atoms with Crippen LogP contribution in [0.2, 0.25) is 0 Å². The second kappa shape index (κ2) is 9.76. The van der Waals surface area contributed by atoms with Gasteiger partial charge in [-0.15, -0.1) is 20.4 Å². The van der Waals surface area contributed by atoms with Crippen LogP contribution in [0.4, 0.5) is 15.2 Å². The van der Waals surface area contributed by atoms with Gasteiger partial charge in [-0.05, 0) is 45.0 Å². The highest BCUT2D eigenvalue weighted by molar-refractivity contribution is 8.00. The Bertz CT molecular complexity index is 1040. The first-order valence-electron chi connectivity index (χ1n) is 9.10. The number of thioether (sulfide) groups is 1. The molecule has 0 aliphatic heterocycles. The van der Waals surface area contributed by atoms with Crippen LogP contribution in [0.15, 0.2) is 29.4 Å². The zero-order valence-electron chi connectivity index (χ0n) is 16.5. The summed E-state index contributed by atoms with van der Waals surface area (Å²) in [7, 11) is 0. The topological polar surface area (TPSA) is 115 Å². The lowest BCUT2D eigenvalue weighted by atomic mass is 10.3. The molecule has 30 heavy (non-hydrogen) atoms. The number of nitrogens with zero attached hydrogens (tertiary/aromatic N) is 5. The molecule has 158 valence electrons. The summed E-state index contributed by atoms with van der Waals surface area (Å²) in [5.41, 5.74) is 0.496. The standard InChI is InChI=1S/C18H20FN7O2S2/c1-4-26-14(9-15(27)20-13-7-5-12(19)6-8-13)23-25-18(26)29-10(2)16(28)21-17-24-22-11(3)30-17/h5-8,10H,4,9H2,1-3H3,(H,20,27)(H,21,24,28)/t10-/m0/s1. The van der Waals surface area contributed by atoms with E-state index >= 15 is 0 Å². The van der Waals surface area contributed by atoms with Gasteiger partial charge in [0.2, 0.25) is 16.9 Å². The summed E-state index contributed by atoms with van der Waals surface area (Å²) in [5.74, 6) is -0.415. The second-order valence-electron chi connectivity index (χ2n) is 6.25. The number of rotatable bonds is 8. The van der Waals surface area contributed by atoms with E-state index in [0.29, 0.717) is 28.3 Å². The number of halogens is 1. The molecule has 0 aliphatic carbocycles. The summed E-state index contributed by atoms with van der Waals surface area (Å²) in [4.78, 5) is 24.7. The number of aryl methyl sites for hydroxylation is 1. The molecule has 0 spiro atoms. The van der Waals surface area contributed by atoms with Crippen LogP contribution in [0.5, 0.6) is 0 Å². The molecule has 0 saturated carbocycles. The predicted molar refractivity (Wildman–Crippen MR) is 113 cm³/mol. The van der Waals surface area contributed by atoms with Crippen molar-refractivity contribution in [1.82, 2.24) is 25.0 Å². The number of hydrogen-bond acceptors (Lipinski definition) is 8. The van der Waals surface area contributed by atoms with Crippen LogP contribution >= 0.6 is 23.1 Å². The van der Waals surface area contributed by atoms with E-state index in [1.807, 2.05) is 13.8 Å². The Morgan fingerprint density at radius 2 is 1.90 bits per heavy atom. The Hall–Kier alpha value is -2.86. The zero-order chi connectivity index (χ0) is 21.7. The fraction of sp³-hybridized carbons (Fsp3) is 0.333. The van der Waals surface area contributed by atoms with E-state index in [2.05, 4.69) is 31.0 Å². The minimum absolute atomic E-state index is 0.00339. The lowest BCUT2D eigenvalue weighted by Gasteiger charge is -2.11. The summed E-state index contributed by atoms with van der Waals surface area (Å²) in [6.45, 7) is 6.01. The number of hydrogen-bond donors (Lipinski definition) is 2. The Balaban J connectivity index is 1.62. The van der Waals surface area contributed by atoms with Gasteiger partial charge in [0, 0.05) is 12.2 Å². The molecule has 3 aromatic rings. The number of carbonyl (C=O) groups is 2. The Kier molecular flexibility index (Phi) is 7.11. The van der Waals surface area contributed by atoms with Crippen molar-refractivity contribution in [3.63, 3.8) is 0 Å². The molecule has 2 amide bonds. The summed E-state index contributed by atoms with van der Waals surface area (Å²) in [6, 6.07) is 5.51. The Morgan fingerprint density at radius 1 is 1.17 bits per heavy atom. The maximum Gasteiger partial charge on any atom is 0.239 e. The van der Waals surface area contributed by atoms with Gasteiger partial charge >= 0.3 is 0 Å². The molecule has 3 rings (SSSR count). The third-order valence-electron chi connectivity index (χ3n) is 3.96. The van der Waals surface area contributed by atoms with Gasteiger partial charge in [-0.25, -0.2) is 4.39 Å². The summed E-state index contributed by atoms with van der Waals surface area (Å²) >= 11 is 2.54. The number of anilines is 2. The smallest absolute Gasteiger partial charge is 0.239 e. The van der Waals surface area contributed by atoms with Gasteiger partial charge in [-0.2, -0.15) is 0 Å². The number of benzene rings is 1. The number of nitrogens with one attached hydrogen (secondary N) is 2.